The van der Waals surface area contributed by atoms with Crippen LogP contribution in [-0.4, -0.2) is 31.7 Å². The second-order valence-corrected chi connectivity index (χ2v) is 5.79. The van der Waals surface area contributed by atoms with Crippen LogP contribution in [0.1, 0.15) is 22.8 Å². The van der Waals surface area contributed by atoms with E-state index in [1.807, 2.05) is 18.2 Å². The molecule has 138 valence electrons. The maximum Gasteiger partial charge on any atom is 0.407 e. The van der Waals surface area contributed by atoms with Crippen LogP contribution in [0.5, 0.6) is 5.75 Å². The molecule has 0 radical (unpaired) electrons. The fourth-order valence-corrected chi connectivity index (χ4v) is 2.36. The van der Waals surface area contributed by atoms with Crippen molar-refractivity contribution in [3.05, 3.63) is 64.7 Å². The molecule has 2 N–H and O–H groups in total. The van der Waals surface area contributed by atoms with Crippen molar-refractivity contribution in [3.8, 4) is 5.75 Å². The largest absolute Gasteiger partial charge is 0.489 e. The molecule has 0 saturated carbocycles. The Morgan fingerprint density at radius 1 is 1.04 bits per heavy atom. The highest BCUT2D eigenvalue weighted by molar-refractivity contribution is 6.30. The Kier molecular flexibility index (Phi) is 7.76. The topological polar surface area (TPSA) is 76.7 Å². The lowest BCUT2D eigenvalue weighted by atomic mass is 10.2. The molecule has 2 aromatic rings. The number of hydrogen-bond acceptors (Lipinski definition) is 4. The number of halogens is 1. The van der Waals surface area contributed by atoms with Gasteiger partial charge in [-0.1, -0.05) is 29.8 Å². The summed E-state index contributed by atoms with van der Waals surface area (Å²) in [5.41, 5.74) is 1.42. The van der Waals surface area contributed by atoms with Crippen LogP contribution >= 0.6 is 11.6 Å². The molecule has 0 aromatic heterocycles. The van der Waals surface area contributed by atoms with Gasteiger partial charge in [0, 0.05) is 23.7 Å². The summed E-state index contributed by atoms with van der Waals surface area (Å²) in [5.74, 6) is 0.339. The van der Waals surface area contributed by atoms with Crippen molar-refractivity contribution in [3.63, 3.8) is 0 Å². The summed E-state index contributed by atoms with van der Waals surface area (Å²) in [6, 6.07) is 14.3. The maximum absolute atomic E-state index is 12.2. The highest BCUT2D eigenvalue weighted by Crippen LogP contribution is 2.17. The van der Waals surface area contributed by atoms with E-state index in [1.165, 1.54) is 0 Å². The molecule has 2 amide bonds. The van der Waals surface area contributed by atoms with E-state index in [0.29, 0.717) is 36.1 Å². The van der Waals surface area contributed by atoms with Crippen molar-refractivity contribution < 1.29 is 19.1 Å². The summed E-state index contributed by atoms with van der Waals surface area (Å²) in [4.78, 5) is 23.3. The van der Waals surface area contributed by atoms with Crippen LogP contribution < -0.4 is 15.4 Å². The van der Waals surface area contributed by atoms with Crippen molar-refractivity contribution in [1.29, 1.82) is 0 Å². The SMILES string of the molecule is CCOC(=O)NCCNC(=O)c1cccc(OCc2cccc(Cl)c2)c1. The number of amides is 2. The average molecular weight is 377 g/mol. The zero-order valence-corrected chi connectivity index (χ0v) is 15.2. The quantitative estimate of drug-likeness (QED) is 0.692. The summed E-state index contributed by atoms with van der Waals surface area (Å²) in [6.07, 6.45) is -0.502. The molecule has 0 saturated heterocycles. The van der Waals surface area contributed by atoms with Gasteiger partial charge < -0.3 is 20.1 Å². The molecule has 0 fully saturated rings. The highest BCUT2D eigenvalue weighted by atomic mass is 35.5. The molecule has 26 heavy (non-hydrogen) atoms. The van der Waals surface area contributed by atoms with Gasteiger partial charge in [-0.15, -0.1) is 0 Å². The molecule has 0 unspecified atom stereocenters. The number of nitrogens with one attached hydrogen (secondary N) is 2. The van der Waals surface area contributed by atoms with Gasteiger partial charge in [-0.05, 0) is 42.8 Å². The minimum absolute atomic E-state index is 0.246. The van der Waals surface area contributed by atoms with Crippen LogP contribution in [0.25, 0.3) is 0 Å². The van der Waals surface area contributed by atoms with E-state index in [0.717, 1.165) is 5.56 Å². The first-order valence-electron chi connectivity index (χ1n) is 8.24. The van der Waals surface area contributed by atoms with E-state index in [4.69, 9.17) is 21.1 Å². The van der Waals surface area contributed by atoms with Gasteiger partial charge in [-0.25, -0.2) is 4.79 Å². The van der Waals surface area contributed by atoms with Gasteiger partial charge in [0.15, 0.2) is 0 Å². The van der Waals surface area contributed by atoms with Crippen molar-refractivity contribution in [2.75, 3.05) is 19.7 Å². The molecule has 0 aliphatic heterocycles. The second-order valence-electron chi connectivity index (χ2n) is 5.35. The summed E-state index contributed by atoms with van der Waals surface area (Å²) in [6.45, 7) is 2.97. The highest BCUT2D eigenvalue weighted by Gasteiger charge is 2.07. The van der Waals surface area contributed by atoms with E-state index in [1.54, 1.807) is 37.3 Å². The molecule has 0 bridgehead atoms. The van der Waals surface area contributed by atoms with Gasteiger partial charge in [0.25, 0.3) is 5.91 Å². The molecule has 0 heterocycles. The molecule has 2 rings (SSSR count). The Hall–Kier alpha value is -2.73. The van der Waals surface area contributed by atoms with Crippen LogP contribution in [0.15, 0.2) is 48.5 Å². The van der Waals surface area contributed by atoms with E-state index < -0.39 is 6.09 Å². The van der Waals surface area contributed by atoms with E-state index in [2.05, 4.69) is 10.6 Å². The summed E-state index contributed by atoms with van der Waals surface area (Å²) in [5, 5.41) is 5.90. The molecular formula is C19H21ClN2O4. The standard InChI is InChI=1S/C19H21ClN2O4/c1-2-25-19(24)22-10-9-21-18(23)15-6-4-8-17(12-15)26-13-14-5-3-7-16(20)11-14/h3-8,11-12H,2,9-10,13H2,1H3,(H,21,23)(H,22,24). The molecule has 0 atom stereocenters. The van der Waals surface area contributed by atoms with Crippen LogP contribution in [0.3, 0.4) is 0 Å². The first kappa shape index (κ1) is 19.6. The normalized spacial score (nSPS) is 10.1. The Morgan fingerprint density at radius 2 is 1.81 bits per heavy atom. The lowest BCUT2D eigenvalue weighted by molar-refractivity contribution is 0.0951. The Bertz CT molecular complexity index is 752. The minimum Gasteiger partial charge on any atom is -0.489 e. The van der Waals surface area contributed by atoms with E-state index in [-0.39, 0.29) is 12.5 Å². The maximum atomic E-state index is 12.2. The number of carbonyl (C=O) groups is 2. The predicted octanol–water partition coefficient (Wildman–Crippen LogP) is 3.39. The third-order valence-electron chi connectivity index (χ3n) is 3.35. The number of ether oxygens (including phenoxy) is 2. The lowest BCUT2D eigenvalue weighted by Gasteiger charge is -2.09. The van der Waals surface area contributed by atoms with Gasteiger partial charge in [0.05, 0.1) is 6.61 Å². The number of rotatable bonds is 8. The fourth-order valence-electron chi connectivity index (χ4n) is 2.15. The van der Waals surface area contributed by atoms with Crippen molar-refractivity contribution >= 4 is 23.6 Å². The molecule has 0 aliphatic carbocycles. The molecule has 0 spiro atoms. The van der Waals surface area contributed by atoms with Gasteiger partial charge in [-0.3, -0.25) is 4.79 Å². The third-order valence-corrected chi connectivity index (χ3v) is 3.58. The number of hydrogen-bond donors (Lipinski definition) is 2. The Labute approximate surface area is 157 Å². The summed E-state index contributed by atoms with van der Waals surface area (Å²) >= 11 is 5.95. The van der Waals surface area contributed by atoms with Crippen LogP contribution in [0, 0.1) is 0 Å². The van der Waals surface area contributed by atoms with Crippen LogP contribution in [0.4, 0.5) is 4.79 Å². The van der Waals surface area contributed by atoms with E-state index >= 15 is 0 Å². The fraction of sp³-hybridized carbons (Fsp3) is 0.263. The number of carbonyl (C=O) groups excluding carboxylic acids is 2. The summed E-state index contributed by atoms with van der Waals surface area (Å²) < 4.78 is 10.4. The predicted molar refractivity (Wildman–Crippen MR) is 99.6 cm³/mol. The van der Waals surface area contributed by atoms with Gasteiger partial charge >= 0.3 is 6.09 Å². The molecule has 7 heteroatoms. The van der Waals surface area contributed by atoms with Gasteiger partial charge in [0.2, 0.25) is 0 Å². The zero-order chi connectivity index (χ0) is 18.8. The lowest BCUT2D eigenvalue weighted by Crippen LogP contribution is -2.34. The van der Waals surface area contributed by atoms with Crippen molar-refractivity contribution in [2.24, 2.45) is 0 Å². The third kappa shape index (κ3) is 6.64. The molecular weight excluding hydrogens is 356 g/mol. The molecule has 0 aliphatic rings. The number of benzene rings is 2. The monoisotopic (exact) mass is 376 g/mol. The summed E-state index contributed by atoms with van der Waals surface area (Å²) in [7, 11) is 0. The average Bonchev–Trinajstić information content (AvgIpc) is 2.64. The second kappa shape index (κ2) is 10.3. The Morgan fingerprint density at radius 3 is 2.58 bits per heavy atom. The van der Waals surface area contributed by atoms with Crippen LogP contribution in [0.2, 0.25) is 5.02 Å². The molecule has 6 nitrogen and oxygen atoms in total. The first-order valence-corrected chi connectivity index (χ1v) is 8.62. The zero-order valence-electron chi connectivity index (χ0n) is 14.5. The minimum atomic E-state index is -0.502. The van der Waals surface area contributed by atoms with Crippen molar-refractivity contribution in [2.45, 2.75) is 13.5 Å². The van der Waals surface area contributed by atoms with Crippen LogP contribution in [-0.2, 0) is 11.3 Å². The van der Waals surface area contributed by atoms with Gasteiger partial charge in [-0.2, -0.15) is 0 Å². The smallest absolute Gasteiger partial charge is 0.407 e. The van der Waals surface area contributed by atoms with E-state index in [9.17, 15) is 9.59 Å². The number of alkyl carbamates (subject to hydrolysis) is 1. The first-order chi connectivity index (χ1) is 12.6. The Balaban J connectivity index is 1.81. The van der Waals surface area contributed by atoms with Crippen molar-refractivity contribution in [1.82, 2.24) is 10.6 Å². The van der Waals surface area contributed by atoms with Gasteiger partial charge in [0.1, 0.15) is 12.4 Å². The molecule has 2 aromatic carbocycles.